The lowest BCUT2D eigenvalue weighted by Crippen LogP contribution is -2.21. The van der Waals surface area contributed by atoms with E-state index in [4.69, 9.17) is 9.72 Å². The molecule has 42 heavy (non-hydrogen) atoms. The number of methoxy groups -OCH3 is 1. The van der Waals surface area contributed by atoms with Crippen LogP contribution in [0.1, 0.15) is 32.7 Å². The highest BCUT2D eigenvalue weighted by Crippen LogP contribution is 2.36. The maximum absolute atomic E-state index is 13.9. The van der Waals surface area contributed by atoms with Crippen molar-refractivity contribution < 1.29 is 4.74 Å². The molecule has 4 aromatic heterocycles. The van der Waals surface area contributed by atoms with Crippen molar-refractivity contribution in [2.24, 2.45) is 10.9 Å². The van der Waals surface area contributed by atoms with Crippen LogP contribution in [0.4, 0.5) is 5.69 Å². The van der Waals surface area contributed by atoms with Gasteiger partial charge in [-0.2, -0.15) is 0 Å². The summed E-state index contributed by atoms with van der Waals surface area (Å²) in [5.74, 6) is 2.03. The maximum atomic E-state index is 13.9. The van der Waals surface area contributed by atoms with Gasteiger partial charge in [0.05, 0.1) is 30.0 Å². The van der Waals surface area contributed by atoms with Crippen molar-refractivity contribution in [3.05, 3.63) is 83.9 Å². The Labute approximate surface area is 242 Å². The average molecular weight is 562 g/mol. The quantitative estimate of drug-likeness (QED) is 0.181. The van der Waals surface area contributed by atoms with Crippen molar-refractivity contribution in [1.29, 1.82) is 0 Å². The minimum absolute atomic E-state index is 0.154. The largest absolute Gasteiger partial charge is 0.481 e. The van der Waals surface area contributed by atoms with Gasteiger partial charge in [0.2, 0.25) is 5.88 Å². The number of nitrogens with zero attached hydrogens (tertiary/aromatic N) is 9. The second-order valence-electron chi connectivity index (χ2n) is 10.6. The number of aliphatic imine (C=N–C) groups is 1. The molecule has 6 rings (SSSR count). The third-order valence-electron chi connectivity index (χ3n) is 7.30. The second-order valence-corrected chi connectivity index (χ2v) is 10.6. The molecule has 0 spiro atoms. The summed E-state index contributed by atoms with van der Waals surface area (Å²) >= 11 is 0. The fourth-order valence-corrected chi connectivity index (χ4v) is 4.73. The number of hydrogen-bond donors (Lipinski definition) is 0. The van der Waals surface area contributed by atoms with Gasteiger partial charge in [-0.25, -0.2) is 19.9 Å². The third kappa shape index (κ3) is 5.16. The SMILES string of the molecule is C=C(N=CN(C)c1cc2c(=O)n(-c3cccc(-c4nncn4C(C)C)n3)cnc2cc1-c1ccc(OC)nc1)C1CC1. The smallest absolute Gasteiger partial charge is 0.267 e. The fourth-order valence-electron chi connectivity index (χ4n) is 4.73. The predicted octanol–water partition coefficient (Wildman–Crippen LogP) is 5.08. The molecule has 11 nitrogen and oxygen atoms in total. The maximum Gasteiger partial charge on any atom is 0.267 e. The highest BCUT2D eigenvalue weighted by Gasteiger charge is 2.24. The predicted molar refractivity (Wildman–Crippen MR) is 163 cm³/mol. The van der Waals surface area contributed by atoms with E-state index < -0.39 is 0 Å². The molecular weight excluding hydrogens is 530 g/mol. The molecule has 0 radical (unpaired) electrons. The molecule has 0 saturated heterocycles. The van der Waals surface area contributed by atoms with Crippen LogP contribution in [0.2, 0.25) is 0 Å². The van der Waals surface area contributed by atoms with Crippen LogP contribution in [-0.4, -0.2) is 54.8 Å². The average Bonchev–Trinajstić information content (AvgIpc) is 3.75. The zero-order valence-electron chi connectivity index (χ0n) is 24.0. The van der Waals surface area contributed by atoms with Crippen LogP contribution in [-0.2, 0) is 0 Å². The number of fused-ring (bicyclic) bond motifs is 1. The van der Waals surface area contributed by atoms with Crippen LogP contribution in [0.3, 0.4) is 0 Å². The van der Waals surface area contributed by atoms with Crippen molar-refractivity contribution in [3.63, 3.8) is 0 Å². The van der Waals surface area contributed by atoms with E-state index in [2.05, 4.69) is 31.7 Å². The molecule has 0 unspecified atom stereocenters. The Hall–Kier alpha value is -5.19. The molecule has 1 fully saturated rings. The lowest BCUT2D eigenvalue weighted by atomic mass is 10.0. The van der Waals surface area contributed by atoms with Crippen molar-refractivity contribution in [3.8, 4) is 34.3 Å². The summed E-state index contributed by atoms with van der Waals surface area (Å²) in [5.41, 5.74) is 4.24. The summed E-state index contributed by atoms with van der Waals surface area (Å²) in [6.07, 6.45) is 8.90. The van der Waals surface area contributed by atoms with Crippen LogP contribution < -0.4 is 15.2 Å². The zero-order valence-corrected chi connectivity index (χ0v) is 24.0. The second kappa shape index (κ2) is 11.0. The van der Waals surface area contributed by atoms with Crippen molar-refractivity contribution >= 4 is 22.9 Å². The number of anilines is 1. The molecule has 0 atom stereocenters. The van der Waals surface area contributed by atoms with E-state index in [1.807, 2.05) is 60.7 Å². The van der Waals surface area contributed by atoms with Crippen molar-refractivity contribution in [2.45, 2.75) is 32.7 Å². The number of aromatic nitrogens is 7. The van der Waals surface area contributed by atoms with Gasteiger partial charge in [-0.3, -0.25) is 9.36 Å². The summed E-state index contributed by atoms with van der Waals surface area (Å²) in [7, 11) is 3.48. The van der Waals surface area contributed by atoms with Crippen LogP contribution >= 0.6 is 0 Å². The van der Waals surface area contributed by atoms with Gasteiger partial charge in [-0.1, -0.05) is 12.6 Å². The minimum Gasteiger partial charge on any atom is -0.481 e. The summed E-state index contributed by atoms with van der Waals surface area (Å²) in [4.78, 5) is 34.2. The summed E-state index contributed by atoms with van der Waals surface area (Å²) < 4.78 is 8.63. The van der Waals surface area contributed by atoms with Gasteiger partial charge in [0.25, 0.3) is 5.56 Å². The van der Waals surface area contributed by atoms with Gasteiger partial charge in [0, 0.05) is 48.1 Å². The molecule has 0 N–H and O–H groups in total. The van der Waals surface area contributed by atoms with Gasteiger partial charge in [0.15, 0.2) is 5.82 Å². The summed E-state index contributed by atoms with van der Waals surface area (Å²) in [6.45, 7) is 8.20. The Kier molecular flexibility index (Phi) is 7.07. The standard InChI is InChI=1S/C31H31N9O2/c1-19(2)39-18-35-37-30(39)25-7-6-8-28(36-25)40-17-34-26-13-23(22-11-12-29(42-5)32-15-22)27(14-24(26)31(40)41)38(4)16-33-20(3)21-9-10-21/h6-8,11-19,21H,3,9-10H2,1-2,4-5H3. The molecule has 1 aliphatic carbocycles. The molecule has 1 saturated carbocycles. The molecule has 5 aromatic rings. The summed E-state index contributed by atoms with van der Waals surface area (Å²) in [6, 6.07) is 13.1. The molecule has 212 valence electrons. The van der Waals surface area contributed by atoms with Gasteiger partial charge < -0.3 is 14.2 Å². The first-order valence-corrected chi connectivity index (χ1v) is 13.7. The molecule has 1 aliphatic rings. The number of allylic oxidation sites excluding steroid dienone is 1. The van der Waals surface area contributed by atoms with Gasteiger partial charge in [-0.05, 0) is 57.0 Å². The van der Waals surface area contributed by atoms with Crippen LogP contribution in [0.5, 0.6) is 5.88 Å². The Morgan fingerprint density at radius 2 is 2.00 bits per heavy atom. The highest BCUT2D eigenvalue weighted by atomic mass is 16.5. The Morgan fingerprint density at radius 3 is 2.71 bits per heavy atom. The fraction of sp³-hybridized carbons (Fsp3) is 0.258. The Balaban J connectivity index is 1.46. The number of ether oxygens (including phenoxy) is 1. The first-order valence-electron chi connectivity index (χ1n) is 13.7. The van der Waals surface area contributed by atoms with Gasteiger partial charge in [-0.15, -0.1) is 10.2 Å². The number of benzene rings is 1. The Morgan fingerprint density at radius 1 is 1.17 bits per heavy atom. The topological polar surface area (TPSA) is 116 Å². The van der Waals surface area contributed by atoms with E-state index in [1.54, 1.807) is 38.1 Å². The molecule has 11 heteroatoms. The monoisotopic (exact) mass is 561 g/mol. The van der Waals surface area contributed by atoms with E-state index in [9.17, 15) is 4.79 Å². The van der Waals surface area contributed by atoms with Gasteiger partial charge >= 0.3 is 0 Å². The third-order valence-corrected chi connectivity index (χ3v) is 7.30. The van der Waals surface area contributed by atoms with Crippen molar-refractivity contribution in [2.75, 3.05) is 19.1 Å². The van der Waals surface area contributed by atoms with Gasteiger partial charge in [0.1, 0.15) is 24.2 Å². The molecule has 4 heterocycles. The van der Waals surface area contributed by atoms with E-state index in [0.717, 1.165) is 35.4 Å². The van der Waals surface area contributed by atoms with E-state index in [1.165, 1.54) is 10.9 Å². The van der Waals surface area contributed by atoms with Crippen LogP contribution in [0.25, 0.3) is 39.4 Å². The Bertz CT molecular complexity index is 1870. The van der Waals surface area contributed by atoms with E-state index in [0.29, 0.717) is 40.0 Å². The van der Waals surface area contributed by atoms with E-state index >= 15 is 0 Å². The first kappa shape index (κ1) is 27.0. The van der Waals surface area contributed by atoms with Crippen LogP contribution in [0, 0.1) is 5.92 Å². The molecule has 1 aromatic carbocycles. The number of rotatable bonds is 9. The number of hydrogen-bond acceptors (Lipinski definition) is 8. The normalized spacial score (nSPS) is 13.3. The lowest BCUT2D eigenvalue weighted by molar-refractivity contribution is 0.398. The zero-order chi connectivity index (χ0) is 29.4. The number of pyridine rings is 2. The van der Waals surface area contributed by atoms with Crippen molar-refractivity contribution in [1.82, 2.24) is 34.3 Å². The summed E-state index contributed by atoms with van der Waals surface area (Å²) in [5, 5.41) is 8.74. The first-order chi connectivity index (χ1) is 20.3. The highest BCUT2D eigenvalue weighted by molar-refractivity contribution is 5.96. The molecule has 0 amide bonds. The molecular formula is C31H31N9O2. The molecule has 0 aliphatic heterocycles. The lowest BCUT2D eigenvalue weighted by Gasteiger charge is -2.19. The molecule has 0 bridgehead atoms. The van der Waals surface area contributed by atoms with Crippen LogP contribution in [0.15, 0.2) is 83.4 Å². The minimum atomic E-state index is -0.247. The van der Waals surface area contributed by atoms with E-state index in [-0.39, 0.29) is 11.6 Å².